The quantitative estimate of drug-likeness (QED) is 0.553. The number of anilines is 1. The summed E-state index contributed by atoms with van der Waals surface area (Å²) in [6, 6.07) is 6.96. The van der Waals surface area contributed by atoms with E-state index < -0.39 is 11.7 Å². The maximum absolute atomic E-state index is 12.6. The molecule has 3 saturated heterocycles. The molecule has 1 amide bonds. The topological polar surface area (TPSA) is 86.3 Å². The standard InChI is InChI=1S/C31H40N6O3/c1-23(2)36-12-4-5-26(19-36)30(3)9-6-24(7-10-30)25-17-28-27(8-11-33-37(28)18-25)34-13-15-35(16-14-34)29(38)40-31(20-32)21-39-22-31/h6-9,11,17-18,23,26H,4-5,10,12-16,19,21-22H2,1-3H3/t26-,30?/m1/s1. The lowest BCUT2D eigenvalue weighted by Crippen LogP contribution is -2.56. The second-order valence-electron chi connectivity index (χ2n) is 12.3. The molecule has 1 unspecified atom stereocenters. The normalized spacial score (nSPS) is 26.9. The average molecular weight is 545 g/mol. The van der Waals surface area contributed by atoms with Crippen LogP contribution >= 0.6 is 0 Å². The summed E-state index contributed by atoms with van der Waals surface area (Å²) >= 11 is 0. The van der Waals surface area contributed by atoms with Crippen molar-refractivity contribution in [2.45, 2.75) is 51.7 Å². The first-order valence-electron chi connectivity index (χ1n) is 14.6. The van der Waals surface area contributed by atoms with E-state index in [9.17, 15) is 10.1 Å². The lowest BCUT2D eigenvalue weighted by Gasteiger charge is -2.44. The summed E-state index contributed by atoms with van der Waals surface area (Å²) < 4.78 is 12.5. The first-order chi connectivity index (χ1) is 19.3. The highest BCUT2D eigenvalue weighted by Gasteiger charge is 2.44. The highest BCUT2D eigenvalue weighted by Crippen LogP contribution is 2.43. The summed E-state index contributed by atoms with van der Waals surface area (Å²) in [5.41, 5.74) is 3.67. The van der Waals surface area contributed by atoms with Crippen molar-refractivity contribution in [3.63, 3.8) is 0 Å². The van der Waals surface area contributed by atoms with Crippen molar-refractivity contribution in [3.05, 3.63) is 48.3 Å². The molecule has 2 atom stereocenters. The molecule has 212 valence electrons. The molecule has 2 aromatic rings. The molecule has 40 heavy (non-hydrogen) atoms. The zero-order chi connectivity index (χ0) is 27.9. The Bertz CT molecular complexity index is 1360. The zero-order valence-corrected chi connectivity index (χ0v) is 23.9. The van der Waals surface area contributed by atoms with Crippen LogP contribution in [-0.4, -0.2) is 89.6 Å². The second kappa shape index (κ2) is 10.6. The van der Waals surface area contributed by atoms with Crippen LogP contribution < -0.4 is 4.90 Å². The maximum atomic E-state index is 12.6. The van der Waals surface area contributed by atoms with Crippen LogP contribution in [0.25, 0.3) is 11.1 Å². The fourth-order valence-electron chi connectivity index (χ4n) is 6.50. The van der Waals surface area contributed by atoms with Gasteiger partial charge in [0.1, 0.15) is 19.3 Å². The molecule has 1 aliphatic carbocycles. The summed E-state index contributed by atoms with van der Waals surface area (Å²) in [6.07, 6.45) is 14.3. The first kappa shape index (κ1) is 26.9. The van der Waals surface area contributed by atoms with Crippen LogP contribution in [0.4, 0.5) is 10.5 Å². The summed E-state index contributed by atoms with van der Waals surface area (Å²) in [5, 5.41) is 13.9. The summed E-state index contributed by atoms with van der Waals surface area (Å²) in [5.74, 6) is 0.683. The van der Waals surface area contributed by atoms with E-state index in [0.29, 0.717) is 38.1 Å². The minimum Gasteiger partial charge on any atom is -0.422 e. The predicted octanol–water partition coefficient (Wildman–Crippen LogP) is 4.36. The summed E-state index contributed by atoms with van der Waals surface area (Å²) in [7, 11) is 0. The van der Waals surface area contributed by atoms with E-state index in [0.717, 1.165) is 17.6 Å². The van der Waals surface area contributed by atoms with Gasteiger partial charge >= 0.3 is 6.09 Å². The summed E-state index contributed by atoms with van der Waals surface area (Å²) in [6.45, 7) is 12.2. The molecule has 4 aliphatic rings. The number of likely N-dealkylation sites (tertiary alicyclic amines) is 1. The third-order valence-electron chi connectivity index (χ3n) is 9.38. The fourth-order valence-corrected chi connectivity index (χ4v) is 6.50. The van der Waals surface area contributed by atoms with Gasteiger partial charge in [-0.2, -0.15) is 10.4 Å². The third-order valence-corrected chi connectivity index (χ3v) is 9.38. The average Bonchev–Trinajstić information content (AvgIpc) is 3.40. The van der Waals surface area contributed by atoms with E-state index >= 15 is 0 Å². The number of rotatable bonds is 5. The molecule has 0 radical (unpaired) electrons. The van der Waals surface area contributed by atoms with Gasteiger partial charge in [-0.05, 0) is 68.7 Å². The summed E-state index contributed by atoms with van der Waals surface area (Å²) in [4.78, 5) is 19.2. The van der Waals surface area contributed by atoms with Gasteiger partial charge in [0.05, 0.1) is 11.2 Å². The van der Waals surface area contributed by atoms with Gasteiger partial charge in [-0.3, -0.25) is 0 Å². The molecule has 0 saturated carbocycles. The number of piperidine rings is 1. The van der Waals surface area contributed by atoms with Crippen LogP contribution in [0, 0.1) is 22.7 Å². The van der Waals surface area contributed by atoms with Crippen LogP contribution in [0.15, 0.2) is 42.8 Å². The number of carbonyl (C=O) groups is 1. The van der Waals surface area contributed by atoms with E-state index in [-0.39, 0.29) is 18.6 Å². The number of ether oxygens (including phenoxy) is 2. The number of allylic oxidation sites excluding steroid dienone is 4. The number of nitriles is 1. The minimum absolute atomic E-state index is 0.142. The van der Waals surface area contributed by atoms with Crippen LogP contribution in [-0.2, 0) is 9.47 Å². The molecule has 3 aliphatic heterocycles. The Labute approximate surface area is 236 Å². The highest BCUT2D eigenvalue weighted by molar-refractivity contribution is 5.82. The fraction of sp³-hybridized carbons (Fsp3) is 0.581. The molecule has 3 fully saturated rings. The number of amides is 1. The van der Waals surface area contributed by atoms with E-state index in [2.05, 4.69) is 78.3 Å². The lowest BCUT2D eigenvalue weighted by molar-refractivity contribution is -0.149. The molecular formula is C31H40N6O3. The van der Waals surface area contributed by atoms with E-state index in [1.165, 1.54) is 37.1 Å². The Morgan fingerprint density at radius 3 is 2.67 bits per heavy atom. The molecule has 2 aromatic heterocycles. The highest BCUT2D eigenvalue weighted by atomic mass is 16.6. The van der Waals surface area contributed by atoms with Gasteiger partial charge in [0.25, 0.3) is 0 Å². The molecule has 0 N–H and O–H groups in total. The van der Waals surface area contributed by atoms with Gasteiger partial charge in [-0.25, -0.2) is 9.31 Å². The molecule has 5 heterocycles. The zero-order valence-electron chi connectivity index (χ0n) is 23.9. The Kier molecular flexibility index (Phi) is 7.09. The lowest BCUT2D eigenvalue weighted by atomic mass is 9.68. The van der Waals surface area contributed by atoms with Gasteiger partial charge in [0.15, 0.2) is 0 Å². The number of hydrogen-bond donors (Lipinski definition) is 0. The number of nitrogens with zero attached hydrogens (tertiary/aromatic N) is 6. The Morgan fingerprint density at radius 2 is 2.02 bits per heavy atom. The predicted molar refractivity (Wildman–Crippen MR) is 154 cm³/mol. The van der Waals surface area contributed by atoms with Crippen molar-refractivity contribution in [2.24, 2.45) is 11.3 Å². The molecular weight excluding hydrogens is 504 g/mol. The molecule has 9 nitrogen and oxygen atoms in total. The van der Waals surface area contributed by atoms with Crippen LogP contribution in [0.1, 0.15) is 45.6 Å². The van der Waals surface area contributed by atoms with Crippen molar-refractivity contribution in [1.82, 2.24) is 19.4 Å². The van der Waals surface area contributed by atoms with Crippen molar-refractivity contribution in [2.75, 3.05) is 57.4 Å². The smallest absolute Gasteiger partial charge is 0.411 e. The number of hydrogen-bond acceptors (Lipinski definition) is 7. The van der Waals surface area contributed by atoms with Crippen molar-refractivity contribution >= 4 is 22.9 Å². The van der Waals surface area contributed by atoms with Crippen LogP contribution in [0.3, 0.4) is 0 Å². The van der Waals surface area contributed by atoms with E-state index in [1.54, 1.807) is 4.90 Å². The Morgan fingerprint density at radius 1 is 1.23 bits per heavy atom. The SMILES string of the molecule is CC(C)N1CCC[C@@H](C2(C)C=CC(c3cc4c(N5CCN(C(=O)OC6(C#N)COC6)CC5)ccnn4c3)=CC2)C1. The Balaban J connectivity index is 1.12. The van der Waals surface area contributed by atoms with Gasteiger partial charge in [0, 0.05) is 56.7 Å². The van der Waals surface area contributed by atoms with Gasteiger partial charge in [0.2, 0.25) is 5.60 Å². The largest absolute Gasteiger partial charge is 0.422 e. The number of aromatic nitrogens is 2. The third kappa shape index (κ3) is 4.99. The van der Waals surface area contributed by atoms with Gasteiger partial charge < -0.3 is 24.2 Å². The number of piperazine rings is 1. The molecule has 9 heteroatoms. The van der Waals surface area contributed by atoms with Gasteiger partial charge in [-0.15, -0.1) is 0 Å². The van der Waals surface area contributed by atoms with Gasteiger partial charge in [-0.1, -0.05) is 25.2 Å². The molecule has 0 bridgehead atoms. The first-order valence-corrected chi connectivity index (χ1v) is 14.6. The molecule has 6 rings (SSSR count). The molecule has 0 aromatic carbocycles. The maximum Gasteiger partial charge on any atom is 0.411 e. The van der Waals surface area contributed by atoms with E-state index in [4.69, 9.17) is 9.47 Å². The van der Waals surface area contributed by atoms with E-state index in [1.807, 2.05) is 10.7 Å². The minimum atomic E-state index is -1.13. The second-order valence-corrected chi connectivity index (χ2v) is 12.3. The molecule has 0 spiro atoms. The van der Waals surface area contributed by atoms with Crippen molar-refractivity contribution in [1.29, 1.82) is 5.26 Å². The monoisotopic (exact) mass is 544 g/mol. The van der Waals surface area contributed by atoms with Crippen molar-refractivity contribution in [3.8, 4) is 6.07 Å². The van der Waals surface area contributed by atoms with Crippen molar-refractivity contribution < 1.29 is 14.3 Å². The Hall–Kier alpha value is -3.35. The number of fused-ring (bicyclic) bond motifs is 1. The number of carbonyl (C=O) groups excluding carboxylic acids is 1. The van der Waals surface area contributed by atoms with Crippen LogP contribution in [0.2, 0.25) is 0 Å². The van der Waals surface area contributed by atoms with Crippen LogP contribution in [0.5, 0.6) is 0 Å².